The molecule has 19 heavy (non-hydrogen) atoms. The molecule has 2 rings (SSSR count). The zero-order valence-electron chi connectivity index (χ0n) is 10.7. The van der Waals surface area contributed by atoms with Gasteiger partial charge in [-0.05, 0) is 25.5 Å². The van der Waals surface area contributed by atoms with Crippen molar-refractivity contribution in [2.24, 2.45) is 0 Å². The summed E-state index contributed by atoms with van der Waals surface area (Å²) in [6.45, 7) is 0. The number of hydrogen-bond donors (Lipinski definition) is 2. The van der Waals surface area contributed by atoms with Crippen LogP contribution in [0, 0.1) is 0 Å². The van der Waals surface area contributed by atoms with Gasteiger partial charge in [-0.25, -0.2) is 23.1 Å². The lowest BCUT2D eigenvalue weighted by Gasteiger charge is -2.28. The van der Waals surface area contributed by atoms with Crippen molar-refractivity contribution in [1.29, 1.82) is 0 Å². The van der Waals surface area contributed by atoms with Crippen molar-refractivity contribution >= 4 is 27.7 Å². The Kier molecular flexibility index (Phi) is 4.64. The molecule has 1 aromatic rings. The lowest BCUT2D eigenvalue weighted by atomic mass is 9.96. The van der Waals surface area contributed by atoms with E-state index in [1.165, 1.54) is 12.4 Å². The predicted octanol–water partition coefficient (Wildman–Crippen LogP) is 1.01. The molecular formula is C11H18N4O2S2. The highest BCUT2D eigenvalue weighted by Gasteiger charge is 2.26. The van der Waals surface area contributed by atoms with Crippen molar-refractivity contribution in [3.63, 3.8) is 0 Å². The van der Waals surface area contributed by atoms with Crippen molar-refractivity contribution < 1.29 is 8.42 Å². The smallest absolute Gasteiger partial charge is 0.243 e. The number of sulfonamides is 1. The fourth-order valence-corrected chi connectivity index (χ4v) is 4.22. The maximum Gasteiger partial charge on any atom is 0.243 e. The van der Waals surface area contributed by atoms with E-state index < -0.39 is 10.0 Å². The van der Waals surface area contributed by atoms with Crippen LogP contribution in [0.3, 0.4) is 0 Å². The van der Waals surface area contributed by atoms with Gasteiger partial charge >= 0.3 is 0 Å². The molecule has 106 valence electrons. The van der Waals surface area contributed by atoms with Crippen LogP contribution in [0.2, 0.25) is 0 Å². The fourth-order valence-electron chi connectivity index (χ4n) is 2.22. The van der Waals surface area contributed by atoms with Gasteiger partial charge in [0.2, 0.25) is 16.0 Å². The summed E-state index contributed by atoms with van der Waals surface area (Å²) in [6.07, 6.45) is 8.50. The largest absolute Gasteiger partial charge is 0.368 e. The Morgan fingerprint density at radius 2 is 2.05 bits per heavy atom. The number of nitrogens with two attached hydrogens (primary N) is 1. The summed E-state index contributed by atoms with van der Waals surface area (Å²) >= 11 is 1.80. The van der Waals surface area contributed by atoms with Crippen molar-refractivity contribution in [2.75, 3.05) is 12.0 Å². The number of nitrogens with zero attached hydrogens (tertiary/aromatic N) is 2. The van der Waals surface area contributed by atoms with Crippen LogP contribution in [0.25, 0.3) is 0 Å². The first-order chi connectivity index (χ1) is 9.01. The van der Waals surface area contributed by atoms with E-state index >= 15 is 0 Å². The normalized spacial score (nSPS) is 24.3. The highest BCUT2D eigenvalue weighted by Crippen LogP contribution is 2.27. The third-order valence-electron chi connectivity index (χ3n) is 3.24. The van der Waals surface area contributed by atoms with Gasteiger partial charge in [0.1, 0.15) is 4.90 Å². The van der Waals surface area contributed by atoms with Crippen LogP contribution in [0.5, 0.6) is 0 Å². The third kappa shape index (κ3) is 3.80. The maximum absolute atomic E-state index is 12.2. The SMILES string of the molecule is CSC1CCCC(NS(=O)(=O)c2cnc(N)nc2)C1. The maximum atomic E-state index is 12.2. The number of nitrogens with one attached hydrogen (secondary N) is 1. The molecule has 1 saturated carbocycles. The van der Waals surface area contributed by atoms with Gasteiger partial charge in [0.15, 0.2) is 0 Å². The van der Waals surface area contributed by atoms with Crippen LogP contribution in [-0.2, 0) is 10.0 Å². The van der Waals surface area contributed by atoms with Crippen LogP contribution in [0.15, 0.2) is 17.3 Å². The van der Waals surface area contributed by atoms with Gasteiger partial charge in [0.05, 0.1) is 12.4 Å². The Hall–Kier alpha value is -0.860. The predicted molar refractivity (Wildman–Crippen MR) is 76.3 cm³/mol. The van der Waals surface area contributed by atoms with Crippen LogP contribution >= 0.6 is 11.8 Å². The van der Waals surface area contributed by atoms with Crippen LogP contribution in [0.4, 0.5) is 5.95 Å². The fraction of sp³-hybridized carbons (Fsp3) is 0.636. The summed E-state index contributed by atoms with van der Waals surface area (Å²) < 4.78 is 27.1. The van der Waals surface area contributed by atoms with Gasteiger partial charge in [-0.2, -0.15) is 11.8 Å². The topological polar surface area (TPSA) is 98.0 Å². The van der Waals surface area contributed by atoms with Crippen LogP contribution < -0.4 is 10.5 Å². The first-order valence-electron chi connectivity index (χ1n) is 6.14. The first-order valence-corrected chi connectivity index (χ1v) is 8.91. The molecule has 6 nitrogen and oxygen atoms in total. The molecule has 3 N–H and O–H groups in total. The molecule has 0 aromatic carbocycles. The first kappa shape index (κ1) is 14.5. The highest BCUT2D eigenvalue weighted by molar-refractivity contribution is 7.99. The number of aromatic nitrogens is 2. The van der Waals surface area contributed by atoms with Crippen molar-refractivity contribution in [3.8, 4) is 0 Å². The lowest BCUT2D eigenvalue weighted by molar-refractivity contribution is 0.420. The molecule has 1 fully saturated rings. The number of nitrogen functional groups attached to an aromatic ring is 1. The Morgan fingerprint density at radius 1 is 1.37 bits per heavy atom. The molecule has 1 heterocycles. The zero-order chi connectivity index (χ0) is 13.9. The third-order valence-corrected chi connectivity index (χ3v) is 5.81. The average molecular weight is 302 g/mol. The van der Waals surface area contributed by atoms with Crippen molar-refractivity contribution in [1.82, 2.24) is 14.7 Å². The summed E-state index contributed by atoms with van der Waals surface area (Å²) in [6, 6.07) is -0.00578. The monoisotopic (exact) mass is 302 g/mol. The summed E-state index contributed by atoms with van der Waals surface area (Å²) in [5, 5.41) is 0.532. The molecule has 1 aliphatic carbocycles. The van der Waals surface area contributed by atoms with Crippen LogP contribution in [-0.4, -0.2) is 35.9 Å². The van der Waals surface area contributed by atoms with Crippen molar-refractivity contribution in [2.45, 2.75) is 41.9 Å². The molecule has 2 atom stereocenters. The minimum absolute atomic E-state index is 0.00578. The van der Waals surface area contributed by atoms with Gasteiger partial charge in [0.25, 0.3) is 0 Å². The Morgan fingerprint density at radius 3 is 2.68 bits per heavy atom. The van der Waals surface area contributed by atoms with Gasteiger partial charge in [0, 0.05) is 11.3 Å². The van der Waals surface area contributed by atoms with Gasteiger partial charge < -0.3 is 5.73 Å². The highest BCUT2D eigenvalue weighted by atomic mass is 32.2. The molecule has 1 aromatic heterocycles. The number of rotatable bonds is 4. The molecule has 0 aliphatic heterocycles. The van der Waals surface area contributed by atoms with E-state index in [1.807, 2.05) is 0 Å². The average Bonchev–Trinajstić information content (AvgIpc) is 2.39. The second-order valence-corrected chi connectivity index (χ2v) is 7.47. The van der Waals surface area contributed by atoms with E-state index in [0.29, 0.717) is 5.25 Å². The summed E-state index contributed by atoms with van der Waals surface area (Å²) in [4.78, 5) is 7.49. The lowest BCUT2D eigenvalue weighted by Crippen LogP contribution is -2.39. The van der Waals surface area contributed by atoms with Gasteiger partial charge in [-0.15, -0.1) is 0 Å². The van der Waals surface area contributed by atoms with E-state index in [-0.39, 0.29) is 16.9 Å². The zero-order valence-corrected chi connectivity index (χ0v) is 12.4. The Balaban J connectivity index is 2.06. The Labute approximate surface area is 117 Å². The second-order valence-electron chi connectivity index (χ2n) is 4.62. The molecule has 8 heteroatoms. The van der Waals surface area contributed by atoms with Crippen LogP contribution in [0.1, 0.15) is 25.7 Å². The molecule has 0 bridgehead atoms. The number of anilines is 1. The minimum Gasteiger partial charge on any atom is -0.368 e. The van der Waals surface area contributed by atoms with E-state index in [9.17, 15) is 8.42 Å². The minimum atomic E-state index is -3.55. The molecule has 0 radical (unpaired) electrons. The Bertz CT molecular complexity index is 518. The standard InChI is InChI=1S/C11H18N4O2S2/c1-18-9-4-2-3-8(5-9)15-19(16,17)10-6-13-11(12)14-7-10/h6-9,15H,2-5H2,1H3,(H2,12,13,14). The van der Waals surface area contributed by atoms with E-state index in [1.54, 1.807) is 11.8 Å². The molecule has 0 saturated heterocycles. The molecule has 2 unspecified atom stereocenters. The van der Waals surface area contributed by atoms with E-state index in [2.05, 4.69) is 20.9 Å². The van der Waals surface area contributed by atoms with E-state index in [4.69, 9.17) is 5.73 Å². The van der Waals surface area contributed by atoms with E-state index in [0.717, 1.165) is 25.7 Å². The summed E-state index contributed by atoms with van der Waals surface area (Å²) in [7, 11) is -3.55. The van der Waals surface area contributed by atoms with Gasteiger partial charge in [-0.1, -0.05) is 6.42 Å². The quantitative estimate of drug-likeness (QED) is 0.861. The molecule has 0 spiro atoms. The molecular weight excluding hydrogens is 284 g/mol. The summed E-state index contributed by atoms with van der Waals surface area (Å²) in [5.41, 5.74) is 5.35. The van der Waals surface area contributed by atoms with Gasteiger partial charge in [-0.3, -0.25) is 0 Å². The number of hydrogen-bond acceptors (Lipinski definition) is 6. The second kappa shape index (κ2) is 6.06. The molecule has 1 aliphatic rings. The molecule has 0 amide bonds. The summed E-state index contributed by atoms with van der Waals surface area (Å²) in [5.74, 6) is 0.0686. The number of thioether (sulfide) groups is 1. The van der Waals surface area contributed by atoms with Crippen molar-refractivity contribution in [3.05, 3.63) is 12.4 Å².